The van der Waals surface area contributed by atoms with Crippen molar-refractivity contribution in [3.05, 3.63) is 0 Å². The zero-order valence-corrected chi connectivity index (χ0v) is 11.0. The predicted molar refractivity (Wildman–Crippen MR) is 61.3 cm³/mol. The van der Waals surface area contributed by atoms with Crippen molar-refractivity contribution in [3.8, 4) is 0 Å². The van der Waals surface area contributed by atoms with Gasteiger partial charge in [-0.3, -0.25) is 0 Å². The van der Waals surface area contributed by atoms with Gasteiger partial charge in [-0.05, 0) is 13.3 Å². The van der Waals surface area contributed by atoms with Crippen molar-refractivity contribution < 1.29 is 13.2 Å². The first-order valence-electron chi connectivity index (χ1n) is 4.69. The Labute approximate surface area is 94.6 Å². The predicted octanol–water partition coefficient (Wildman–Crippen LogP) is 1.12. The first-order valence-corrected chi connectivity index (χ1v) is 7.46. The molecule has 14 heavy (non-hydrogen) atoms. The Hall–Kier alpha value is 0.350. The van der Waals surface area contributed by atoms with Crippen LogP contribution in [0.2, 0.25) is 0 Å². The molecule has 1 atom stereocenters. The molecule has 0 spiro atoms. The highest BCUT2D eigenvalue weighted by atomic mass is 79.9. The van der Waals surface area contributed by atoms with Crippen molar-refractivity contribution in [2.45, 2.75) is 26.3 Å². The first kappa shape index (κ1) is 14.3. The summed E-state index contributed by atoms with van der Waals surface area (Å²) in [4.78, 5) is 0. The molecule has 0 aliphatic rings. The second-order valence-corrected chi connectivity index (χ2v) is 5.41. The average Bonchev–Trinajstić information content (AvgIpc) is 2.14. The largest absolute Gasteiger partial charge is 0.381 e. The first-order chi connectivity index (χ1) is 6.55. The van der Waals surface area contributed by atoms with Gasteiger partial charge in [0.25, 0.3) is 0 Å². The highest BCUT2D eigenvalue weighted by Gasteiger charge is 2.14. The van der Waals surface area contributed by atoms with Crippen LogP contribution in [0.15, 0.2) is 0 Å². The van der Waals surface area contributed by atoms with Crippen LogP contribution in [0, 0.1) is 0 Å². The lowest BCUT2D eigenvalue weighted by molar-refractivity contribution is 0.163. The van der Waals surface area contributed by atoms with Crippen molar-refractivity contribution in [1.82, 2.24) is 4.72 Å². The van der Waals surface area contributed by atoms with Crippen LogP contribution in [0.3, 0.4) is 0 Å². The number of nitrogens with one attached hydrogen (secondary N) is 1. The quantitative estimate of drug-likeness (QED) is 0.538. The van der Waals surface area contributed by atoms with Crippen molar-refractivity contribution in [3.63, 3.8) is 0 Å². The van der Waals surface area contributed by atoms with Gasteiger partial charge in [0.2, 0.25) is 10.0 Å². The SMILES string of the molecule is CCOCCS(=O)(=O)NC(CC)CBr. The summed E-state index contributed by atoms with van der Waals surface area (Å²) in [7, 11) is -3.18. The number of halogens is 1. The van der Waals surface area contributed by atoms with E-state index in [0.29, 0.717) is 11.9 Å². The van der Waals surface area contributed by atoms with E-state index in [1.54, 1.807) is 0 Å². The van der Waals surface area contributed by atoms with E-state index in [1.165, 1.54) is 0 Å². The minimum Gasteiger partial charge on any atom is -0.381 e. The van der Waals surface area contributed by atoms with Crippen LogP contribution in [-0.2, 0) is 14.8 Å². The van der Waals surface area contributed by atoms with Crippen LogP contribution in [-0.4, -0.2) is 38.8 Å². The number of sulfonamides is 1. The van der Waals surface area contributed by atoms with Gasteiger partial charge < -0.3 is 4.74 Å². The zero-order valence-electron chi connectivity index (χ0n) is 8.62. The number of alkyl halides is 1. The molecule has 0 aromatic rings. The van der Waals surface area contributed by atoms with Crippen LogP contribution in [0.25, 0.3) is 0 Å². The van der Waals surface area contributed by atoms with E-state index in [2.05, 4.69) is 20.7 Å². The third-order valence-corrected chi connectivity index (χ3v) is 3.90. The number of rotatable bonds is 8. The fourth-order valence-electron chi connectivity index (χ4n) is 0.850. The molecular formula is C8H18BrNO3S. The van der Waals surface area contributed by atoms with E-state index in [1.807, 2.05) is 13.8 Å². The van der Waals surface area contributed by atoms with Crippen molar-refractivity contribution in [1.29, 1.82) is 0 Å². The number of hydrogen-bond donors (Lipinski definition) is 1. The minimum absolute atomic E-state index is 0.0263. The summed E-state index contributed by atoms with van der Waals surface area (Å²) in [5.41, 5.74) is 0. The molecular weight excluding hydrogens is 270 g/mol. The minimum atomic E-state index is -3.18. The van der Waals surface area contributed by atoms with Crippen molar-refractivity contribution >= 4 is 26.0 Å². The monoisotopic (exact) mass is 287 g/mol. The summed E-state index contributed by atoms with van der Waals surface area (Å²) >= 11 is 3.25. The topological polar surface area (TPSA) is 55.4 Å². The molecule has 0 amide bonds. The average molecular weight is 288 g/mol. The lowest BCUT2D eigenvalue weighted by Gasteiger charge is -2.13. The van der Waals surface area contributed by atoms with Gasteiger partial charge in [-0.1, -0.05) is 22.9 Å². The van der Waals surface area contributed by atoms with E-state index in [4.69, 9.17) is 4.74 Å². The van der Waals surface area contributed by atoms with Crippen LogP contribution < -0.4 is 4.72 Å². The Bertz CT molecular complexity index is 227. The van der Waals surface area contributed by atoms with Gasteiger partial charge in [0.1, 0.15) is 0 Å². The lowest BCUT2D eigenvalue weighted by atomic mass is 10.3. The van der Waals surface area contributed by atoms with Gasteiger partial charge in [-0.15, -0.1) is 0 Å². The second kappa shape index (κ2) is 7.62. The molecule has 0 heterocycles. The van der Waals surface area contributed by atoms with Crippen LogP contribution in [0.5, 0.6) is 0 Å². The molecule has 0 saturated carbocycles. The lowest BCUT2D eigenvalue weighted by Crippen LogP contribution is -2.38. The van der Waals surface area contributed by atoms with Gasteiger partial charge in [0, 0.05) is 18.0 Å². The van der Waals surface area contributed by atoms with Gasteiger partial charge in [-0.2, -0.15) is 0 Å². The van der Waals surface area contributed by atoms with Gasteiger partial charge in [0.15, 0.2) is 0 Å². The molecule has 0 fully saturated rings. The smallest absolute Gasteiger partial charge is 0.214 e. The summed E-state index contributed by atoms with van der Waals surface area (Å²) in [6.45, 7) is 4.58. The van der Waals surface area contributed by atoms with Crippen LogP contribution >= 0.6 is 15.9 Å². The molecule has 86 valence electrons. The maximum Gasteiger partial charge on any atom is 0.214 e. The standard InChI is InChI=1S/C8H18BrNO3S/c1-3-8(7-9)10-14(11,12)6-5-13-4-2/h8,10H,3-7H2,1-2H3. The molecule has 1 unspecified atom stereocenters. The molecule has 0 aliphatic carbocycles. The third kappa shape index (κ3) is 6.75. The van der Waals surface area contributed by atoms with Crippen LogP contribution in [0.1, 0.15) is 20.3 Å². The number of hydrogen-bond acceptors (Lipinski definition) is 3. The molecule has 0 rings (SSSR count). The Balaban J connectivity index is 3.93. The van der Waals surface area contributed by atoms with E-state index in [-0.39, 0.29) is 18.4 Å². The van der Waals surface area contributed by atoms with E-state index in [9.17, 15) is 8.42 Å². The van der Waals surface area contributed by atoms with Crippen molar-refractivity contribution in [2.75, 3.05) is 24.3 Å². The molecule has 1 N–H and O–H groups in total. The normalized spacial score (nSPS) is 14.2. The number of ether oxygens (including phenoxy) is 1. The van der Waals surface area contributed by atoms with E-state index < -0.39 is 10.0 Å². The molecule has 0 saturated heterocycles. The van der Waals surface area contributed by atoms with Gasteiger partial charge in [-0.25, -0.2) is 13.1 Å². The molecule has 4 nitrogen and oxygen atoms in total. The molecule has 0 aliphatic heterocycles. The van der Waals surface area contributed by atoms with Crippen LogP contribution in [0.4, 0.5) is 0 Å². The van der Waals surface area contributed by atoms with Crippen molar-refractivity contribution in [2.24, 2.45) is 0 Å². The second-order valence-electron chi connectivity index (χ2n) is 2.89. The summed E-state index contributed by atoms with van der Waals surface area (Å²) in [5, 5.41) is 0.636. The summed E-state index contributed by atoms with van der Waals surface area (Å²) in [6.07, 6.45) is 0.777. The maximum absolute atomic E-state index is 11.4. The molecule has 0 radical (unpaired) electrons. The Morgan fingerprint density at radius 2 is 2.07 bits per heavy atom. The Morgan fingerprint density at radius 1 is 1.43 bits per heavy atom. The van der Waals surface area contributed by atoms with Gasteiger partial charge >= 0.3 is 0 Å². The molecule has 0 aromatic heterocycles. The summed E-state index contributed by atoms with van der Waals surface area (Å²) < 4.78 is 30.4. The van der Waals surface area contributed by atoms with E-state index in [0.717, 1.165) is 6.42 Å². The summed E-state index contributed by atoms with van der Waals surface area (Å²) in [5.74, 6) is 0.0321. The molecule has 6 heteroatoms. The Morgan fingerprint density at radius 3 is 2.50 bits per heavy atom. The summed E-state index contributed by atoms with van der Waals surface area (Å²) in [6, 6.07) is -0.0263. The fraction of sp³-hybridized carbons (Fsp3) is 1.00. The molecule has 0 aromatic carbocycles. The Kier molecular flexibility index (Phi) is 7.81. The third-order valence-electron chi connectivity index (χ3n) is 1.73. The maximum atomic E-state index is 11.4. The molecule has 0 bridgehead atoms. The fourth-order valence-corrected chi connectivity index (χ4v) is 2.90. The van der Waals surface area contributed by atoms with E-state index >= 15 is 0 Å². The highest BCUT2D eigenvalue weighted by Crippen LogP contribution is 1.99. The van der Waals surface area contributed by atoms with Gasteiger partial charge in [0.05, 0.1) is 12.4 Å². The highest BCUT2D eigenvalue weighted by molar-refractivity contribution is 9.09. The zero-order chi connectivity index (χ0) is 11.0.